The summed E-state index contributed by atoms with van der Waals surface area (Å²) in [6, 6.07) is 9.61. The van der Waals surface area contributed by atoms with Crippen molar-refractivity contribution in [2.75, 3.05) is 24.5 Å². The highest BCUT2D eigenvalue weighted by atomic mass is 16.1. The van der Waals surface area contributed by atoms with E-state index in [2.05, 4.69) is 25.4 Å². The van der Waals surface area contributed by atoms with Crippen molar-refractivity contribution < 1.29 is 4.79 Å². The Hall–Kier alpha value is -2.50. The number of anilines is 1. The van der Waals surface area contributed by atoms with Crippen LogP contribution in [-0.4, -0.2) is 40.7 Å². The number of nitrogens with one attached hydrogen (secondary N) is 1. The van der Waals surface area contributed by atoms with Crippen molar-refractivity contribution in [1.82, 2.24) is 20.5 Å². The zero-order chi connectivity index (χ0) is 15.2. The minimum atomic E-state index is 0.0192. The molecule has 1 fully saturated rings. The molecule has 0 spiro atoms. The van der Waals surface area contributed by atoms with Gasteiger partial charge in [-0.2, -0.15) is 5.10 Å². The minimum absolute atomic E-state index is 0.0192. The molecule has 3 heterocycles. The quantitative estimate of drug-likeness (QED) is 0.893. The molecule has 3 rings (SSSR count). The van der Waals surface area contributed by atoms with Crippen LogP contribution in [-0.2, 0) is 11.2 Å². The van der Waals surface area contributed by atoms with Crippen LogP contribution >= 0.6 is 0 Å². The molecule has 0 saturated carbocycles. The standard InChI is InChI=1S/C16H19N5O/c22-16(18-10-6-14-4-1-2-8-17-14)13-7-11-21(12-13)15-5-3-9-19-20-15/h1-5,8-9,13H,6-7,10-12H2,(H,18,22). The molecule has 0 bridgehead atoms. The lowest BCUT2D eigenvalue weighted by Crippen LogP contribution is -2.34. The average Bonchev–Trinajstić information content (AvgIpc) is 3.07. The van der Waals surface area contributed by atoms with Gasteiger partial charge in [-0.3, -0.25) is 9.78 Å². The molecule has 22 heavy (non-hydrogen) atoms. The van der Waals surface area contributed by atoms with Gasteiger partial charge in [0.25, 0.3) is 0 Å². The second-order valence-electron chi connectivity index (χ2n) is 5.38. The van der Waals surface area contributed by atoms with E-state index in [1.807, 2.05) is 30.3 Å². The molecule has 1 amide bonds. The van der Waals surface area contributed by atoms with Crippen molar-refractivity contribution in [2.24, 2.45) is 5.92 Å². The third-order valence-corrected chi connectivity index (χ3v) is 3.85. The summed E-state index contributed by atoms with van der Waals surface area (Å²) in [4.78, 5) is 18.6. The molecule has 1 atom stereocenters. The van der Waals surface area contributed by atoms with Gasteiger partial charge in [0.15, 0.2) is 5.82 Å². The lowest BCUT2D eigenvalue weighted by Gasteiger charge is -2.16. The van der Waals surface area contributed by atoms with Crippen LogP contribution in [0.25, 0.3) is 0 Å². The number of pyridine rings is 1. The second kappa shape index (κ2) is 6.98. The molecular formula is C16H19N5O. The molecule has 1 aliphatic rings. The van der Waals surface area contributed by atoms with E-state index in [0.717, 1.165) is 30.9 Å². The number of carbonyl (C=O) groups is 1. The fourth-order valence-electron chi connectivity index (χ4n) is 2.65. The number of amides is 1. The molecule has 1 unspecified atom stereocenters. The summed E-state index contributed by atoms with van der Waals surface area (Å²) in [6.45, 7) is 2.17. The van der Waals surface area contributed by atoms with Gasteiger partial charge >= 0.3 is 0 Å². The first-order valence-corrected chi connectivity index (χ1v) is 7.53. The summed E-state index contributed by atoms with van der Waals surface area (Å²) >= 11 is 0. The van der Waals surface area contributed by atoms with Crippen LogP contribution in [0.2, 0.25) is 0 Å². The Morgan fingerprint density at radius 1 is 1.27 bits per heavy atom. The van der Waals surface area contributed by atoms with E-state index in [4.69, 9.17) is 0 Å². The fourth-order valence-corrected chi connectivity index (χ4v) is 2.65. The van der Waals surface area contributed by atoms with Crippen molar-refractivity contribution in [2.45, 2.75) is 12.8 Å². The molecular weight excluding hydrogens is 278 g/mol. The number of hydrogen-bond acceptors (Lipinski definition) is 5. The van der Waals surface area contributed by atoms with Gasteiger partial charge in [0.05, 0.1) is 5.92 Å². The number of hydrogen-bond donors (Lipinski definition) is 1. The predicted octanol–water partition coefficient (Wildman–Crippen LogP) is 1.06. The number of nitrogens with zero attached hydrogens (tertiary/aromatic N) is 4. The summed E-state index contributed by atoms with van der Waals surface area (Å²) < 4.78 is 0. The summed E-state index contributed by atoms with van der Waals surface area (Å²) in [5.74, 6) is 0.972. The predicted molar refractivity (Wildman–Crippen MR) is 83.3 cm³/mol. The van der Waals surface area contributed by atoms with Crippen LogP contribution in [0.4, 0.5) is 5.82 Å². The van der Waals surface area contributed by atoms with Gasteiger partial charge in [-0.05, 0) is 30.7 Å². The van der Waals surface area contributed by atoms with E-state index in [-0.39, 0.29) is 11.8 Å². The molecule has 114 valence electrons. The zero-order valence-electron chi connectivity index (χ0n) is 12.4. The summed E-state index contributed by atoms with van der Waals surface area (Å²) in [5, 5.41) is 11.0. The van der Waals surface area contributed by atoms with E-state index >= 15 is 0 Å². The number of rotatable bonds is 5. The molecule has 1 N–H and O–H groups in total. The molecule has 1 saturated heterocycles. The fraction of sp³-hybridized carbons (Fsp3) is 0.375. The van der Waals surface area contributed by atoms with E-state index in [9.17, 15) is 4.79 Å². The van der Waals surface area contributed by atoms with E-state index in [1.54, 1.807) is 12.4 Å². The third kappa shape index (κ3) is 3.58. The first kappa shape index (κ1) is 14.4. The lowest BCUT2D eigenvalue weighted by molar-refractivity contribution is -0.124. The van der Waals surface area contributed by atoms with E-state index < -0.39 is 0 Å². The minimum Gasteiger partial charge on any atom is -0.355 e. The van der Waals surface area contributed by atoms with Gasteiger partial charge in [-0.25, -0.2) is 0 Å². The highest BCUT2D eigenvalue weighted by Crippen LogP contribution is 2.21. The Kier molecular flexibility index (Phi) is 4.58. The molecule has 2 aromatic heterocycles. The number of aromatic nitrogens is 3. The largest absolute Gasteiger partial charge is 0.355 e. The van der Waals surface area contributed by atoms with Gasteiger partial charge < -0.3 is 10.2 Å². The molecule has 0 aliphatic carbocycles. The van der Waals surface area contributed by atoms with Gasteiger partial charge in [0.2, 0.25) is 5.91 Å². The van der Waals surface area contributed by atoms with Crippen LogP contribution in [0, 0.1) is 5.92 Å². The Bertz CT molecular complexity index is 604. The van der Waals surface area contributed by atoms with Gasteiger partial charge in [-0.15, -0.1) is 5.10 Å². The van der Waals surface area contributed by atoms with Crippen molar-refractivity contribution in [3.8, 4) is 0 Å². The SMILES string of the molecule is O=C(NCCc1ccccn1)C1CCN(c2cccnn2)C1. The maximum absolute atomic E-state index is 12.2. The Morgan fingerprint density at radius 3 is 3.00 bits per heavy atom. The van der Waals surface area contributed by atoms with Crippen molar-refractivity contribution in [3.05, 3.63) is 48.4 Å². The molecule has 6 heteroatoms. The first-order chi connectivity index (χ1) is 10.8. The maximum Gasteiger partial charge on any atom is 0.224 e. The molecule has 0 radical (unpaired) electrons. The molecule has 6 nitrogen and oxygen atoms in total. The highest BCUT2D eigenvalue weighted by molar-refractivity contribution is 5.80. The smallest absolute Gasteiger partial charge is 0.224 e. The summed E-state index contributed by atoms with van der Waals surface area (Å²) in [5.41, 5.74) is 0.996. The van der Waals surface area contributed by atoms with Crippen molar-refractivity contribution >= 4 is 11.7 Å². The van der Waals surface area contributed by atoms with Crippen LogP contribution in [0.5, 0.6) is 0 Å². The van der Waals surface area contributed by atoms with Crippen molar-refractivity contribution in [1.29, 1.82) is 0 Å². The average molecular weight is 297 g/mol. The van der Waals surface area contributed by atoms with Crippen LogP contribution in [0.3, 0.4) is 0 Å². The topological polar surface area (TPSA) is 71.0 Å². The molecule has 2 aromatic rings. The van der Waals surface area contributed by atoms with Gasteiger partial charge in [0, 0.05) is 44.1 Å². The van der Waals surface area contributed by atoms with Crippen LogP contribution < -0.4 is 10.2 Å². The molecule has 1 aliphatic heterocycles. The molecule has 0 aromatic carbocycles. The Labute approximate surface area is 129 Å². The summed E-state index contributed by atoms with van der Waals surface area (Å²) in [7, 11) is 0. The van der Waals surface area contributed by atoms with E-state index in [1.165, 1.54) is 0 Å². The maximum atomic E-state index is 12.2. The monoisotopic (exact) mass is 297 g/mol. The van der Waals surface area contributed by atoms with E-state index in [0.29, 0.717) is 13.1 Å². The van der Waals surface area contributed by atoms with Gasteiger partial charge in [-0.1, -0.05) is 6.07 Å². The van der Waals surface area contributed by atoms with Crippen molar-refractivity contribution in [3.63, 3.8) is 0 Å². The highest BCUT2D eigenvalue weighted by Gasteiger charge is 2.28. The third-order valence-electron chi connectivity index (χ3n) is 3.85. The normalized spacial score (nSPS) is 17.5. The zero-order valence-corrected chi connectivity index (χ0v) is 12.4. The number of carbonyl (C=O) groups excluding carboxylic acids is 1. The Morgan fingerprint density at radius 2 is 2.23 bits per heavy atom. The van der Waals surface area contributed by atoms with Gasteiger partial charge in [0.1, 0.15) is 0 Å². The van der Waals surface area contributed by atoms with Crippen LogP contribution in [0.1, 0.15) is 12.1 Å². The lowest BCUT2D eigenvalue weighted by atomic mass is 10.1. The Balaban J connectivity index is 1.46. The van der Waals surface area contributed by atoms with Crippen LogP contribution in [0.15, 0.2) is 42.7 Å². The summed E-state index contributed by atoms with van der Waals surface area (Å²) in [6.07, 6.45) is 5.04. The first-order valence-electron chi connectivity index (χ1n) is 7.53. The second-order valence-corrected chi connectivity index (χ2v) is 5.38.